The fourth-order valence-corrected chi connectivity index (χ4v) is 0.0577. The maximum Gasteiger partial charge on any atom is 0.414 e. The lowest BCUT2D eigenvalue weighted by Crippen LogP contribution is -2.15. The summed E-state index contributed by atoms with van der Waals surface area (Å²) in [4.78, 5) is 18.2. The fraction of sp³-hybridized carbons (Fsp3) is 0.600. The van der Waals surface area contributed by atoms with E-state index >= 15 is 0 Å². The molecule has 0 aromatic heterocycles. The minimum atomic E-state index is -1.82. The smallest absolute Gasteiger partial charge is 0.414 e. The highest BCUT2D eigenvalue weighted by Crippen LogP contribution is 1.71. The molecule has 0 aliphatic heterocycles. The molecule has 88 valence electrons. The SMILES string of the molecule is N.N.O=C(O)C(=O)O.OCC(O)CO. The van der Waals surface area contributed by atoms with Crippen LogP contribution in [0.3, 0.4) is 0 Å². The van der Waals surface area contributed by atoms with Crippen LogP contribution < -0.4 is 12.3 Å². The van der Waals surface area contributed by atoms with E-state index < -0.39 is 18.0 Å². The standard InChI is InChI=1S/C3H8O3.C2H2O4.2H3N/c4-1-3(6)2-5;3-1(4)2(5)6;;/h3-6H,1-2H2;(H,3,4)(H,5,6);2*1H3. The lowest BCUT2D eigenvalue weighted by atomic mass is 10.4. The van der Waals surface area contributed by atoms with Crippen molar-refractivity contribution in [1.82, 2.24) is 12.3 Å². The Labute approximate surface area is 79.8 Å². The molecule has 0 aromatic carbocycles. The summed E-state index contributed by atoms with van der Waals surface area (Å²) in [6, 6.07) is 0. The number of aliphatic hydroxyl groups is 3. The van der Waals surface area contributed by atoms with Gasteiger partial charge in [0.15, 0.2) is 0 Å². The fourth-order valence-electron chi connectivity index (χ4n) is 0.0577. The van der Waals surface area contributed by atoms with Gasteiger partial charge >= 0.3 is 11.9 Å². The average molecular weight is 216 g/mol. The molecule has 0 unspecified atom stereocenters. The van der Waals surface area contributed by atoms with Crippen molar-refractivity contribution in [3.63, 3.8) is 0 Å². The summed E-state index contributed by atoms with van der Waals surface area (Å²) in [6.07, 6.45) is -0.954. The van der Waals surface area contributed by atoms with Crippen molar-refractivity contribution in [2.75, 3.05) is 13.2 Å². The van der Waals surface area contributed by atoms with Crippen LogP contribution >= 0.6 is 0 Å². The van der Waals surface area contributed by atoms with Crippen LogP contribution in [-0.2, 0) is 9.59 Å². The van der Waals surface area contributed by atoms with Crippen LogP contribution in [0.15, 0.2) is 0 Å². The van der Waals surface area contributed by atoms with Crippen LogP contribution in [0.1, 0.15) is 0 Å². The summed E-state index contributed by atoms with van der Waals surface area (Å²) >= 11 is 0. The highest BCUT2D eigenvalue weighted by molar-refractivity contribution is 6.27. The molecule has 0 saturated carbocycles. The van der Waals surface area contributed by atoms with Gasteiger partial charge in [-0.1, -0.05) is 0 Å². The third-order valence-electron chi connectivity index (χ3n) is 0.604. The number of carboxylic acid groups (broad SMARTS) is 2. The molecule has 0 aliphatic rings. The normalized spacial score (nSPS) is 7.43. The van der Waals surface area contributed by atoms with Gasteiger partial charge in [0.25, 0.3) is 0 Å². The predicted molar refractivity (Wildman–Crippen MR) is 45.5 cm³/mol. The van der Waals surface area contributed by atoms with Gasteiger partial charge in [-0.3, -0.25) is 0 Å². The zero-order valence-electron chi connectivity index (χ0n) is 7.46. The number of aliphatic carboxylic acids is 2. The topological polar surface area (TPSA) is 205 Å². The van der Waals surface area contributed by atoms with Gasteiger partial charge in [-0.05, 0) is 0 Å². The van der Waals surface area contributed by atoms with E-state index in [0.717, 1.165) is 0 Å². The second-order valence-electron chi connectivity index (χ2n) is 1.63. The summed E-state index contributed by atoms with van der Waals surface area (Å²) in [5.41, 5.74) is 0. The van der Waals surface area contributed by atoms with Gasteiger partial charge in [0.05, 0.1) is 13.2 Å². The van der Waals surface area contributed by atoms with Crippen molar-refractivity contribution < 1.29 is 35.1 Å². The van der Waals surface area contributed by atoms with Crippen molar-refractivity contribution in [3.8, 4) is 0 Å². The van der Waals surface area contributed by atoms with Crippen LogP contribution in [0.4, 0.5) is 0 Å². The van der Waals surface area contributed by atoms with Gasteiger partial charge < -0.3 is 37.8 Å². The molecule has 0 fully saturated rings. The number of carboxylic acids is 2. The summed E-state index contributed by atoms with van der Waals surface area (Å²) in [7, 11) is 0. The molecular weight excluding hydrogens is 200 g/mol. The number of aliphatic hydroxyl groups excluding tert-OH is 3. The van der Waals surface area contributed by atoms with Crippen molar-refractivity contribution in [2.24, 2.45) is 0 Å². The summed E-state index contributed by atoms with van der Waals surface area (Å²) in [5.74, 6) is -3.65. The largest absolute Gasteiger partial charge is 0.473 e. The van der Waals surface area contributed by atoms with E-state index in [1.807, 2.05) is 0 Å². The quantitative estimate of drug-likeness (QED) is 0.250. The molecule has 0 bridgehead atoms. The molecule has 0 atom stereocenters. The van der Waals surface area contributed by atoms with Crippen molar-refractivity contribution in [3.05, 3.63) is 0 Å². The number of hydrogen-bond acceptors (Lipinski definition) is 7. The first-order valence-corrected chi connectivity index (χ1v) is 2.81. The third-order valence-corrected chi connectivity index (χ3v) is 0.604. The molecule has 0 aromatic rings. The number of carbonyl (C=O) groups is 2. The highest BCUT2D eigenvalue weighted by Gasteiger charge is 2.04. The molecule has 0 aliphatic carbocycles. The van der Waals surface area contributed by atoms with E-state index in [-0.39, 0.29) is 25.5 Å². The lowest BCUT2D eigenvalue weighted by Gasteiger charge is -1.96. The Morgan fingerprint density at radius 3 is 1.14 bits per heavy atom. The van der Waals surface area contributed by atoms with Crippen molar-refractivity contribution in [1.29, 1.82) is 0 Å². The Hall–Kier alpha value is -1.26. The van der Waals surface area contributed by atoms with Gasteiger partial charge in [0.2, 0.25) is 0 Å². The van der Waals surface area contributed by atoms with Crippen LogP contribution in [0.2, 0.25) is 0 Å². The molecule has 11 N–H and O–H groups in total. The zero-order chi connectivity index (χ0) is 10.1. The zero-order valence-corrected chi connectivity index (χ0v) is 7.46. The number of hydrogen-bond donors (Lipinski definition) is 7. The lowest BCUT2D eigenvalue weighted by molar-refractivity contribution is -0.159. The van der Waals surface area contributed by atoms with Crippen LogP contribution in [0, 0.1) is 0 Å². The second-order valence-corrected chi connectivity index (χ2v) is 1.63. The molecule has 14 heavy (non-hydrogen) atoms. The first-order valence-electron chi connectivity index (χ1n) is 2.81. The van der Waals surface area contributed by atoms with Crippen LogP contribution in [0.25, 0.3) is 0 Å². The molecule has 9 nitrogen and oxygen atoms in total. The van der Waals surface area contributed by atoms with E-state index in [0.29, 0.717) is 0 Å². The maximum absolute atomic E-state index is 9.10. The van der Waals surface area contributed by atoms with Gasteiger partial charge in [0, 0.05) is 0 Å². The first-order chi connectivity index (χ1) is 5.45. The van der Waals surface area contributed by atoms with Crippen molar-refractivity contribution in [2.45, 2.75) is 6.10 Å². The van der Waals surface area contributed by atoms with Crippen LogP contribution in [0.5, 0.6) is 0 Å². The summed E-state index contributed by atoms with van der Waals surface area (Å²) < 4.78 is 0. The Kier molecular flexibility index (Phi) is 23.4. The molecule has 0 saturated heterocycles. The minimum absolute atomic E-state index is 0. The van der Waals surface area contributed by atoms with Gasteiger partial charge in [-0.25, -0.2) is 9.59 Å². The first kappa shape index (κ1) is 23.0. The number of rotatable bonds is 2. The van der Waals surface area contributed by atoms with E-state index in [1.54, 1.807) is 0 Å². The van der Waals surface area contributed by atoms with E-state index in [1.165, 1.54) is 0 Å². The van der Waals surface area contributed by atoms with E-state index in [4.69, 9.17) is 35.1 Å². The van der Waals surface area contributed by atoms with Crippen molar-refractivity contribution >= 4 is 11.9 Å². The monoisotopic (exact) mass is 216 g/mol. The highest BCUT2D eigenvalue weighted by atomic mass is 16.4. The van der Waals surface area contributed by atoms with E-state index in [9.17, 15) is 0 Å². The molecule has 0 heterocycles. The molecule has 0 radical (unpaired) electrons. The molecule has 0 rings (SSSR count). The molecule has 9 heteroatoms. The average Bonchev–Trinajstić information content (AvgIpc) is 2.04. The van der Waals surface area contributed by atoms with Gasteiger partial charge in [0.1, 0.15) is 6.10 Å². The van der Waals surface area contributed by atoms with Gasteiger partial charge in [-0.2, -0.15) is 0 Å². The molecular formula is C5H16N2O7. The second kappa shape index (κ2) is 14.3. The Morgan fingerprint density at radius 1 is 0.929 bits per heavy atom. The van der Waals surface area contributed by atoms with Gasteiger partial charge in [-0.15, -0.1) is 0 Å². The molecule has 0 spiro atoms. The predicted octanol–water partition coefficient (Wildman–Crippen LogP) is -2.19. The van der Waals surface area contributed by atoms with E-state index in [2.05, 4.69) is 0 Å². The Morgan fingerprint density at radius 2 is 1.14 bits per heavy atom. The minimum Gasteiger partial charge on any atom is -0.473 e. The summed E-state index contributed by atoms with van der Waals surface area (Å²) in [6.45, 7) is -0.729. The Bertz CT molecular complexity index is 135. The Balaban J connectivity index is -0.0000000625. The molecule has 0 amide bonds. The third kappa shape index (κ3) is 22.4. The maximum atomic E-state index is 9.10. The summed E-state index contributed by atoms with van der Waals surface area (Å²) in [5, 5.41) is 38.8. The van der Waals surface area contributed by atoms with Crippen LogP contribution in [-0.4, -0.2) is 56.8 Å².